The number of phenols is 1. The van der Waals surface area contributed by atoms with Gasteiger partial charge in [-0.3, -0.25) is 0 Å². The van der Waals surface area contributed by atoms with Crippen LogP contribution in [0.5, 0.6) is 5.75 Å². The number of aryl methyl sites for hydroxylation is 2. The monoisotopic (exact) mass is 340 g/mol. The lowest BCUT2D eigenvalue weighted by Gasteiger charge is -2.49. The summed E-state index contributed by atoms with van der Waals surface area (Å²) in [4.78, 5) is 0. The van der Waals surface area contributed by atoms with Gasteiger partial charge >= 0.3 is 0 Å². The number of fused-ring (bicyclic) bond motifs is 5. The molecule has 0 aromatic heterocycles. The third kappa shape index (κ3) is 2.65. The number of hydrogen-bond acceptors (Lipinski definition) is 2. The smallest absolute Gasteiger partial charge is 0.119 e. The molecule has 0 bridgehead atoms. The molecule has 0 heterocycles. The summed E-state index contributed by atoms with van der Waals surface area (Å²) in [5.41, 5.74) is 6.14. The largest absolute Gasteiger partial charge is 0.508 e. The van der Waals surface area contributed by atoms with Crippen molar-refractivity contribution in [1.29, 1.82) is 0 Å². The molecular formula is C23H32O2. The highest BCUT2D eigenvalue weighted by Crippen LogP contribution is 2.62. The maximum atomic E-state index is 10.3. The van der Waals surface area contributed by atoms with Crippen LogP contribution in [0.3, 0.4) is 0 Å². The van der Waals surface area contributed by atoms with Crippen LogP contribution in [0.15, 0.2) is 23.8 Å². The van der Waals surface area contributed by atoms with Gasteiger partial charge in [-0.1, -0.05) is 31.6 Å². The van der Waals surface area contributed by atoms with Crippen molar-refractivity contribution >= 4 is 0 Å². The third-order valence-corrected chi connectivity index (χ3v) is 7.65. The lowest BCUT2D eigenvalue weighted by Crippen LogP contribution is -2.40. The molecule has 2 fully saturated rings. The Morgan fingerprint density at radius 1 is 1.24 bits per heavy atom. The van der Waals surface area contributed by atoms with Gasteiger partial charge in [0.15, 0.2) is 0 Å². The predicted molar refractivity (Wildman–Crippen MR) is 102 cm³/mol. The zero-order valence-electron chi connectivity index (χ0n) is 16.0. The number of ether oxygens (including phenoxy) is 1. The van der Waals surface area contributed by atoms with Gasteiger partial charge in [-0.05, 0) is 90.9 Å². The normalized spacial score (nSPS) is 35.3. The van der Waals surface area contributed by atoms with Gasteiger partial charge in [0.1, 0.15) is 5.75 Å². The van der Waals surface area contributed by atoms with Crippen molar-refractivity contribution in [1.82, 2.24) is 0 Å². The van der Waals surface area contributed by atoms with E-state index in [9.17, 15) is 5.11 Å². The summed E-state index contributed by atoms with van der Waals surface area (Å²) in [5.74, 6) is 2.84. The molecule has 2 saturated carbocycles. The summed E-state index contributed by atoms with van der Waals surface area (Å²) in [6.07, 6.45) is 10.9. The highest BCUT2D eigenvalue weighted by atomic mass is 16.5. The molecule has 3 aliphatic carbocycles. The summed E-state index contributed by atoms with van der Waals surface area (Å²) in [6.45, 7) is 5.42. The van der Waals surface area contributed by atoms with Gasteiger partial charge in [0.05, 0.1) is 6.61 Å². The van der Waals surface area contributed by atoms with E-state index in [0.717, 1.165) is 36.8 Å². The van der Waals surface area contributed by atoms with Crippen molar-refractivity contribution in [3.05, 3.63) is 40.5 Å². The molecule has 2 nitrogen and oxygen atoms in total. The molecule has 2 heteroatoms. The Hall–Kier alpha value is -1.28. The zero-order valence-corrected chi connectivity index (χ0v) is 16.0. The van der Waals surface area contributed by atoms with E-state index in [1.807, 2.05) is 0 Å². The topological polar surface area (TPSA) is 29.5 Å². The summed E-state index contributed by atoms with van der Waals surface area (Å²) < 4.78 is 5.32. The van der Waals surface area contributed by atoms with E-state index in [2.05, 4.69) is 32.1 Å². The summed E-state index contributed by atoms with van der Waals surface area (Å²) >= 11 is 0. The van der Waals surface area contributed by atoms with Crippen molar-refractivity contribution in [3.8, 4) is 5.75 Å². The van der Waals surface area contributed by atoms with Gasteiger partial charge in [0.2, 0.25) is 0 Å². The van der Waals surface area contributed by atoms with Crippen LogP contribution >= 0.6 is 0 Å². The SMILES string of the molecule is CCc1cc2c(cc1O)CC[C@@H]1[C@@H]2CC[C@]2(C)C(=CCOC)CC[C@@H]12. The molecule has 25 heavy (non-hydrogen) atoms. The van der Waals surface area contributed by atoms with Crippen molar-refractivity contribution in [2.75, 3.05) is 13.7 Å². The van der Waals surface area contributed by atoms with E-state index in [-0.39, 0.29) is 0 Å². The van der Waals surface area contributed by atoms with E-state index < -0.39 is 0 Å². The molecule has 0 radical (unpaired) electrons. The number of benzene rings is 1. The van der Waals surface area contributed by atoms with Gasteiger partial charge < -0.3 is 9.84 Å². The van der Waals surface area contributed by atoms with E-state index >= 15 is 0 Å². The molecule has 0 amide bonds. The Kier molecular flexibility index (Phi) is 4.43. The van der Waals surface area contributed by atoms with E-state index in [1.54, 1.807) is 18.2 Å². The molecule has 1 N–H and O–H groups in total. The Morgan fingerprint density at radius 3 is 2.84 bits per heavy atom. The highest BCUT2D eigenvalue weighted by Gasteiger charge is 2.52. The fraction of sp³-hybridized carbons (Fsp3) is 0.652. The Balaban J connectivity index is 1.66. The van der Waals surface area contributed by atoms with E-state index in [1.165, 1.54) is 37.7 Å². The molecule has 4 rings (SSSR count). The first kappa shape index (κ1) is 17.1. The Labute approximate surface area is 152 Å². The fourth-order valence-electron chi connectivity index (χ4n) is 6.31. The van der Waals surface area contributed by atoms with Crippen LogP contribution in [0.25, 0.3) is 0 Å². The Morgan fingerprint density at radius 2 is 2.08 bits per heavy atom. The third-order valence-electron chi connectivity index (χ3n) is 7.65. The molecule has 4 atom stereocenters. The molecule has 0 aliphatic heterocycles. The van der Waals surface area contributed by atoms with Crippen LogP contribution in [0.1, 0.15) is 68.6 Å². The summed E-state index contributed by atoms with van der Waals surface area (Å²) in [5, 5.41) is 10.3. The highest BCUT2D eigenvalue weighted by molar-refractivity contribution is 5.46. The van der Waals surface area contributed by atoms with Crippen LogP contribution in [0.2, 0.25) is 0 Å². The average Bonchev–Trinajstić information content (AvgIpc) is 2.95. The molecule has 0 spiro atoms. The van der Waals surface area contributed by atoms with Crippen LogP contribution in [0, 0.1) is 17.3 Å². The standard InChI is InChI=1S/C23H32O2/c1-4-15-13-20-16(14-22(15)24)5-7-19-18(20)9-11-23(2)17(10-12-25-3)6-8-21(19)23/h10,13-14,18-19,21,24H,4-9,11-12H2,1-3H3/t18-,19+,21-,23+/m0/s1. The van der Waals surface area contributed by atoms with Crippen molar-refractivity contribution in [3.63, 3.8) is 0 Å². The van der Waals surface area contributed by atoms with Crippen molar-refractivity contribution in [2.45, 2.75) is 64.7 Å². The first-order chi connectivity index (χ1) is 12.1. The van der Waals surface area contributed by atoms with Crippen LogP contribution < -0.4 is 0 Å². The number of methoxy groups -OCH3 is 1. The van der Waals surface area contributed by atoms with Crippen molar-refractivity contribution in [2.24, 2.45) is 17.3 Å². The van der Waals surface area contributed by atoms with Crippen molar-refractivity contribution < 1.29 is 9.84 Å². The van der Waals surface area contributed by atoms with Crippen LogP contribution in [-0.2, 0) is 17.6 Å². The number of allylic oxidation sites excluding steroid dienone is 1. The number of hydrogen-bond donors (Lipinski definition) is 1. The van der Waals surface area contributed by atoms with Crippen LogP contribution in [-0.4, -0.2) is 18.8 Å². The predicted octanol–water partition coefficient (Wildman–Crippen LogP) is 5.38. The Bertz CT molecular complexity index is 690. The van der Waals surface area contributed by atoms with E-state index in [4.69, 9.17) is 4.74 Å². The first-order valence-corrected chi connectivity index (χ1v) is 10.1. The van der Waals surface area contributed by atoms with E-state index in [0.29, 0.717) is 17.1 Å². The molecule has 136 valence electrons. The zero-order chi connectivity index (χ0) is 17.6. The van der Waals surface area contributed by atoms with Crippen LogP contribution in [0.4, 0.5) is 0 Å². The maximum Gasteiger partial charge on any atom is 0.119 e. The number of aromatic hydroxyl groups is 1. The van der Waals surface area contributed by atoms with Gasteiger partial charge in [-0.2, -0.15) is 0 Å². The van der Waals surface area contributed by atoms with Gasteiger partial charge in [0, 0.05) is 7.11 Å². The second kappa shape index (κ2) is 6.46. The number of phenolic OH excluding ortho intramolecular Hbond substituents is 1. The molecule has 1 aromatic carbocycles. The average molecular weight is 341 g/mol. The molecule has 0 unspecified atom stereocenters. The lowest BCUT2D eigenvalue weighted by molar-refractivity contribution is 0.0807. The maximum absolute atomic E-state index is 10.3. The summed E-state index contributed by atoms with van der Waals surface area (Å²) in [7, 11) is 1.79. The van der Waals surface area contributed by atoms with Gasteiger partial charge in [-0.25, -0.2) is 0 Å². The minimum absolute atomic E-state index is 0.391. The van der Waals surface area contributed by atoms with Gasteiger partial charge in [-0.15, -0.1) is 0 Å². The number of rotatable bonds is 3. The molecule has 3 aliphatic rings. The fourth-order valence-corrected chi connectivity index (χ4v) is 6.31. The minimum Gasteiger partial charge on any atom is -0.508 e. The van der Waals surface area contributed by atoms with Gasteiger partial charge in [0.25, 0.3) is 0 Å². The molecular weight excluding hydrogens is 308 g/mol. The first-order valence-electron chi connectivity index (χ1n) is 10.1. The molecule has 1 aromatic rings. The quantitative estimate of drug-likeness (QED) is 0.748. The molecule has 0 saturated heterocycles. The summed E-state index contributed by atoms with van der Waals surface area (Å²) in [6, 6.07) is 4.40. The second-order valence-corrected chi connectivity index (χ2v) is 8.63. The minimum atomic E-state index is 0.391. The second-order valence-electron chi connectivity index (χ2n) is 8.63. The lowest BCUT2D eigenvalue weighted by atomic mass is 9.55.